The smallest absolute Gasteiger partial charge is 0.324 e. The Bertz CT molecular complexity index is 881. The third-order valence-corrected chi connectivity index (χ3v) is 6.76. The fraction of sp³-hybridized carbons (Fsp3) is 0.381. The highest BCUT2D eigenvalue weighted by atomic mass is 32.2. The first-order valence-electron chi connectivity index (χ1n) is 9.39. The van der Waals surface area contributed by atoms with Crippen LogP contribution in [0.3, 0.4) is 0 Å². The molecule has 1 aliphatic heterocycles. The van der Waals surface area contributed by atoms with Gasteiger partial charge in [0.05, 0.1) is 18.6 Å². The second kappa shape index (κ2) is 9.21. The van der Waals surface area contributed by atoms with Crippen molar-refractivity contribution in [3.8, 4) is 5.75 Å². The molecule has 1 atom stereocenters. The molecule has 6 nitrogen and oxygen atoms in total. The number of hydrogen-bond acceptors (Lipinski definition) is 5. The molecule has 0 aliphatic carbocycles. The molecule has 0 radical (unpaired) electrons. The third-order valence-electron chi connectivity index (χ3n) is 4.84. The van der Waals surface area contributed by atoms with Crippen molar-refractivity contribution >= 4 is 16.0 Å². The van der Waals surface area contributed by atoms with Crippen molar-refractivity contribution in [2.24, 2.45) is 0 Å². The third kappa shape index (κ3) is 4.72. The predicted molar refractivity (Wildman–Crippen MR) is 106 cm³/mol. The zero-order valence-corrected chi connectivity index (χ0v) is 16.7. The Hall–Kier alpha value is -2.38. The van der Waals surface area contributed by atoms with Crippen molar-refractivity contribution in [1.29, 1.82) is 0 Å². The molecule has 2 aromatic carbocycles. The maximum Gasteiger partial charge on any atom is 0.324 e. The molecule has 0 amide bonds. The minimum Gasteiger partial charge on any atom is -0.497 e. The van der Waals surface area contributed by atoms with Crippen LogP contribution in [0.5, 0.6) is 5.75 Å². The first-order valence-corrected chi connectivity index (χ1v) is 10.8. The van der Waals surface area contributed by atoms with E-state index >= 15 is 0 Å². The summed E-state index contributed by atoms with van der Waals surface area (Å²) in [6, 6.07) is 15.2. The molecular weight excluding hydrogens is 378 g/mol. The van der Waals surface area contributed by atoms with Crippen molar-refractivity contribution in [2.45, 2.75) is 36.6 Å². The van der Waals surface area contributed by atoms with Crippen molar-refractivity contribution < 1.29 is 22.7 Å². The monoisotopic (exact) mass is 403 g/mol. The second-order valence-electron chi connectivity index (χ2n) is 6.71. The number of aryl methyl sites for hydroxylation is 1. The summed E-state index contributed by atoms with van der Waals surface area (Å²) in [6.45, 7) is 0.601. The van der Waals surface area contributed by atoms with E-state index in [4.69, 9.17) is 9.47 Å². The normalized spacial score (nSPS) is 17.4. The Morgan fingerprint density at radius 2 is 1.82 bits per heavy atom. The summed E-state index contributed by atoms with van der Waals surface area (Å²) in [5.41, 5.74) is 1.13. The molecule has 0 unspecified atom stereocenters. The van der Waals surface area contributed by atoms with Crippen LogP contribution < -0.4 is 4.74 Å². The fourth-order valence-corrected chi connectivity index (χ4v) is 5.00. The number of benzene rings is 2. The van der Waals surface area contributed by atoms with Crippen LogP contribution in [0, 0.1) is 0 Å². The highest BCUT2D eigenvalue weighted by Crippen LogP contribution is 2.26. The Labute approximate surface area is 166 Å². The summed E-state index contributed by atoms with van der Waals surface area (Å²) in [4.78, 5) is 12.7. The highest BCUT2D eigenvalue weighted by Gasteiger charge is 2.40. The summed E-state index contributed by atoms with van der Waals surface area (Å²) in [6.07, 6.45) is 2.59. The van der Waals surface area contributed by atoms with Crippen LogP contribution in [0.2, 0.25) is 0 Å². The Morgan fingerprint density at radius 1 is 1.11 bits per heavy atom. The van der Waals surface area contributed by atoms with Gasteiger partial charge in [-0.15, -0.1) is 0 Å². The van der Waals surface area contributed by atoms with Gasteiger partial charge in [0.2, 0.25) is 10.0 Å². The largest absolute Gasteiger partial charge is 0.497 e. The SMILES string of the molecule is COc1ccc(CCCOC(=O)[C@@H]2CCCN2S(=O)(=O)c2ccccc2)cc1. The van der Waals surface area contributed by atoms with Gasteiger partial charge in [-0.05, 0) is 55.5 Å². The van der Waals surface area contributed by atoms with Crippen molar-refractivity contribution in [2.75, 3.05) is 20.3 Å². The lowest BCUT2D eigenvalue weighted by Gasteiger charge is -2.22. The highest BCUT2D eigenvalue weighted by molar-refractivity contribution is 7.89. The lowest BCUT2D eigenvalue weighted by Crippen LogP contribution is -2.41. The number of sulfonamides is 1. The van der Waals surface area contributed by atoms with Gasteiger partial charge in [0.1, 0.15) is 11.8 Å². The molecule has 1 aliphatic rings. The summed E-state index contributed by atoms with van der Waals surface area (Å²) < 4.78 is 37.4. The van der Waals surface area contributed by atoms with Gasteiger partial charge in [-0.25, -0.2) is 8.42 Å². The molecule has 0 saturated carbocycles. The van der Waals surface area contributed by atoms with Crippen molar-refractivity contribution in [1.82, 2.24) is 4.31 Å². The molecular formula is C21H25NO5S. The van der Waals surface area contributed by atoms with Gasteiger partial charge >= 0.3 is 5.97 Å². The molecule has 0 spiro atoms. The molecule has 1 heterocycles. The number of carbonyl (C=O) groups is 1. The zero-order chi connectivity index (χ0) is 20.0. The number of rotatable bonds is 8. The molecule has 3 rings (SSSR count). The minimum atomic E-state index is -3.69. The number of methoxy groups -OCH3 is 1. The maximum atomic E-state index is 12.8. The van der Waals surface area contributed by atoms with Crippen LogP contribution in [0.25, 0.3) is 0 Å². The van der Waals surface area contributed by atoms with Crippen molar-refractivity contribution in [3.05, 3.63) is 60.2 Å². The van der Waals surface area contributed by atoms with Crippen LogP contribution in [0.15, 0.2) is 59.5 Å². The zero-order valence-electron chi connectivity index (χ0n) is 15.9. The minimum absolute atomic E-state index is 0.203. The molecule has 0 bridgehead atoms. The molecule has 1 saturated heterocycles. The molecule has 0 aromatic heterocycles. The molecule has 150 valence electrons. The van der Waals surface area contributed by atoms with Crippen molar-refractivity contribution in [3.63, 3.8) is 0 Å². The van der Waals surface area contributed by atoms with E-state index in [-0.39, 0.29) is 11.5 Å². The predicted octanol–water partition coefficient (Wildman–Crippen LogP) is 3.02. The Balaban J connectivity index is 1.53. The number of nitrogens with zero attached hydrogens (tertiary/aromatic N) is 1. The van der Waals surface area contributed by atoms with Crippen LogP contribution in [-0.2, 0) is 26.0 Å². The summed E-state index contributed by atoms with van der Waals surface area (Å²) in [5.74, 6) is 0.336. The molecule has 0 N–H and O–H groups in total. The van der Waals surface area contributed by atoms with Crippen LogP contribution in [0.1, 0.15) is 24.8 Å². The Morgan fingerprint density at radius 3 is 2.50 bits per heavy atom. The van der Waals surface area contributed by atoms with Gasteiger partial charge in [0, 0.05) is 6.54 Å². The molecule has 28 heavy (non-hydrogen) atoms. The van der Waals surface area contributed by atoms with Gasteiger partial charge in [-0.2, -0.15) is 4.31 Å². The lowest BCUT2D eigenvalue weighted by atomic mass is 10.1. The van der Waals surface area contributed by atoms with Gasteiger partial charge in [0.25, 0.3) is 0 Å². The van der Waals surface area contributed by atoms with Gasteiger partial charge in [-0.1, -0.05) is 30.3 Å². The van der Waals surface area contributed by atoms with E-state index in [1.54, 1.807) is 37.4 Å². The molecule has 1 fully saturated rings. The van der Waals surface area contributed by atoms with E-state index in [1.807, 2.05) is 24.3 Å². The van der Waals surface area contributed by atoms with Gasteiger partial charge in [-0.3, -0.25) is 4.79 Å². The van der Waals surface area contributed by atoms with Crippen LogP contribution in [-0.4, -0.2) is 45.0 Å². The second-order valence-corrected chi connectivity index (χ2v) is 8.60. The summed E-state index contributed by atoms with van der Waals surface area (Å²) in [5, 5.41) is 0. The van der Waals surface area contributed by atoms with E-state index < -0.39 is 22.0 Å². The fourth-order valence-electron chi connectivity index (χ4n) is 3.33. The van der Waals surface area contributed by atoms with E-state index in [0.29, 0.717) is 25.8 Å². The summed E-state index contributed by atoms with van der Waals surface area (Å²) in [7, 11) is -2.07. The van der Waals surface area contributed by atoms with Gasteiger partial charge in [0.15, 0.2) is 0 Å². The Kier molecular flexibility index (Phi) is 6.70. The van der Waals surface area contributed by atoms with Crippen LogP contribution in [0.4, 0.5) is 0 Å². The van der Waals surface area contributed by atoms with E-state index in [9.17, 15) is 13.2 Å². The number of ether oxygens (including phenoxy) is 2. The first-order chi connectivity index (χ1) is 13.5. The maximum absolute atomic E-state index is 12.8. The standard InChI is InChI=1S/C21H25NO5S/c1-26-18-13-11-17(12-14-18)7-6-16-27-21(23)20-10-5-15-22(20)28(24,25)19-8-3-2-4-9-19/h2-4,8-9,11-14,20H,5-7,10,15-16H2,1H3/t20-/m0/s1. The quantitative estimate of drug-likeness (QED) is 0.500. The van der Waals surface area contributed by atoms with E-state index in [0.717, 1.165) is 17.7 Å². The average molecular weight is 404 g/mol. The van der Waals surface area contributed by atoms with E-state index in [1.165, 1.54) is 4.31 Å². The number of carbonyl (C=O) groups excluding carboxylic acids is 1. The lowest BCUT2D eigenvalue weighted by molar-refractivity contribution is -0.147. The van der Waals surface area contributed by atoms with E-state index in [2.05, 4.69) is 0 Å². The number of hydrogen-bond donors (Lipinski definition) is 0. The molecule has 7 heteroatoms. The van der Waals surface area contributed by atoms with Crippen LogP contribution >= 0.6 is 0 Å². The first kappa shape index (κ1) is 20.4. The average Bonchev–Trinajstić information content (AvgIpc) is 3.23. The summed E-state index contributed by atoms with van der Waals surface area (Å²) >= 11 is 0. The topological polar surface area (TPSA) is 72.9 Å². The number of esters is 1. The van der Waals surface area contributed by atoms with Gasteiger partial charge < -0.3 is 9.47 Å². The molecule has 2 aromatic rings.